The summed E-state index contributed by atoms with van der Waals surface area (Å²) in [4.78, 5) is 10.9. The van der Waals surface area contributed by atoms with Crippen molar-refractivity contribution >= 4 is 11.5 Å². The maximum atomic E-state index is 11.2. The highest BCUT2D eigenvalue weighted by Gasteiger charge is 2.28. The molecule has 0 spiro atoms. The lowest BCUT2D eigenvalue weighted by Gasteiger charge is -2.28. The first-order valence-corrected chi connectivity index (χ1v) is 7.55. The molecule has 1 aromatic rings. The number of rotatable bonds is 5. The van der Waals surface area contributed by atoms with Crippen LogP contribution < -0.4 is 5.32 Å². The number of nitro groups is 1. The van der Waals surface area contributed by atoms with Crippen LogP contribution in [0.25, 0.3) is 0 Å². The van der Waals surface area contributed by atoms with Gasteiger partial charge in [0.2, 0.25) is 5.82 Å². The lowest BCUT2D eigenvalue weighted by molar-refractivity contribution is -0.384. The monoisotopic (exact) mass is 280 g/mol. The summed E-state index contributed by atoms with van der Waals surface area (Å²) in [5, 5.41) is 18.9. The summed E-state index contributed by atoms with van der Waals surface area (Å²) in [5.74, 6) is 1.40. The first-order valence-electron chi connectivity index (χ1n) is 7.55. The van der Waals surface area contributed by atoms with Crippen LogP contribution in [0.5, 0.6) is 0 Å². The van der Waals surface area contributed by atoms with Crippen LogP contribution in [0.2, 0.25) is 0 Å². The summed E-state index contributed by atoms with van der Waals surface area (Å²) < 4.78 is 1.71. The molecule has 1 fully saturated rings. The lowest BCUT2D eigenvalue weighted by atomic mass is 9.84. The lowest BCUT2D eigenvalue weighted by Crippen LogP contribution is -2.27. The van der Waals surface area contributed by atoms with Crippen LogP contribution in [0.4, 0.5) is 11.5 Å². The summed E-state index contributed by atoms with van der Waals surface area (Å²) in [6.07, 6.45) is 5.83. The number of hydrogen-bond acceptors (Lipinski definition) is 4. The van der Waals surface area contributed by atoms with Gasteiger partial charge in [-0.1, -0.05) is 13.3 Å². The normalized spacial score (nSPS) is 22.8. The van der Waals surface area contributed by atoms with Gasteiger partial charge in [-0.05, 0) is 45.4 Å². The molecule has 1 N–H and O–H groups in total. The van der Waals surface area contributed by atoms with Crippen molar-refractivity contribution in [3.63, 3.8) is 0 Å². The van der Waals surface area contributed by atoms with Crippen molar-refractivity contribution in [2.75, 3.05) is 5.32 Å². The zero-order valence-electron chi connectivity index (χ0n) is 12.6. The third kappa shape index (κ3) is 2.94. The van der Waals surface area contributed by atoms with E-state index in [2.05, 4.69) is 17.3 Å². The van der Waals surface area contributed by atoms with Crippen LogP contribution in [0.3, 0.4) is 0 Å². The highest BCUT2D eigenvalue weighted by Crippen LogP contribution is 2.33. The molecular weight excluding hydrogens is 256 g/mol. The molecule has 20 heavy (non-hydrogen) atoms. The van der Waals surface area contributed by atoms with E-state index < -0.39 is 0 Å². The maximum Gasteiger partial charge on any atom is 0.333 e. The van der Waals surface area contributed by atoms with Crippen molar-refractivity contribution in [1.29, 1.82) is 0 Å². The second-order valence-corrected chi connectivity index (χ2v) is 5.63. The molecular formula is C14H24N4O2. The number of hydrogen-bond donors (Lipinski definition) is 1. The Morgan fingerprint density at radius 1 is 1.35 bits per heavy atom. The van der Waals surface area contributed by atoms with E-state index in [1.165, 1.54) is 19.3 Å². The topological polar surface area (TPSA) is 73.0 Å². The molecule has 0 atom stereocenters. The van der Waals surface area contributed by atoms with E-state index in [9.17, 15) is 10.1 Å². The number of aryl methyl sites for hydroxylation is 2. The summed E-state index contributed by atoms with van der Waals surface area (Å²) in [7, 11) is 0. The average molecular weight is 280 g/mol. The summed E-state index contributed by atoms with van der Waals surface area (Å²) in [5.41, 5.74) is 0.617. The van der Waals surface area contributed by atoms with Gasteiger partial charge < -0.3 is 5.32 Å². The molecule has 0 bridgehead atoms. The van der Waals surface area contributed by atoms with E-state index in [4.69, 9.17) is 0 Å². The minimum atomic E-state index is -0.325. The van der Waals surface area contributed by atoms with E-state index in [1.54, 1.807) is 11.6 Å². The number of nitrogens with zero attached hydrogens (tertiary/aromatic N) is 3. The zero-order chi connectivity index (χ0) is 14.7. The molecule has 1 aliphatic rings. The van der Waals surface area contributed by atoms with Crippen LogP contribution >= 0.6 is 0 Å². The zero-order valence-corrected chi connectivity index (χ0v) is 12.6. The fourth-order valence-electron chi connectivity index (χ4n) is 3.07. The highest BCUT2D eigenvalue weighted by atomic mass is 16.6. The SMILES string of the molecule is CCC1CCC(Nc2c([N+](=O)[O-])c(C)nn2CC)CC1. The molecule has 0 aliphatic heterocycles. The van der Waals surface area contributed by atoms with Crippen molar-refractivity contribution in [2.24, 2.45) is 5.92 Å². The van der Waals surface area contributed by atoms with Crippen LogP contribution in [0, 0.1) is 23.0 Å². The van der Waals surface area contributed by atoms with E-state index in [1.807, 2.05) is 6.92 Å². The molecule has 2 rings (SSSR count). The molecule has 6 heteroatoms. The van der Waals surface area contributed by atoms with Gasteiger partial charge in [0.1, 0.15) is 5.69 Å². The predicted octanol–water partition coefficient (Wildman–Crippen LogP) is 3.50. The third-order valence-corrected chi connectivity index (χ3v) is 4.34. The van der Waals surface area contributed by atoms with Crippen molar-refractivity contribution < 1.29 is 4.92 Å². The fraction of sp³-hybridized carbons (Fsp3) is 0.786. The van der Waals surface area contributed by atoms with Gasteiger partial charge in [-0.25, -0.2) is 4.68 Å². The quantitative estimate of drug-likeness (QED) is 0.661. The van der Waals surface area contributed by atoms with Crippen LogP contribution in [0.1, 0.15) is 51.6 Å². The Morgan fingerprint density at radius 3 is 2.50 bits per heavy atom. The van der Waals surface area contributed by atoms with Gasteiger partial charge in [-0.3, -0.25) is 10.1 Å². The molecule has 6 nitrogen and oxygen atoms in total. The fourth-order valence-corrected chi connectivity index (χ4v) is 3.07. The van der Waals surface area contributed by atoms with Crippen molar-refractivity contribution in [3.05, 3.63) is 15.8 Å². The molecule has 0 amide bonds. The Labute approximate surface area is 119 Å². The van der Waals surface area contributed by atoms with Gasteiger partial charge in [0.05, 0.1) is 4.92 Å². The van der Waals surface area contributed by atoms with Crippen LogP contribution in [-0.2, 0) is 6.54 Å². The Bertz CT molecular complexity index is 476. The van der Waals surface area contributed by atoms with Gasteiger partial charge in [0.15, 0.2) is 0 Å². The Morgan fingerprint density at radius 2 is 2.00 bits per heavy atom. The molecule has 1 aliphatic carbocycles. The van der Waals surface area contributed by atoms with E-state index in [0.717, 1.165) is 18.8 Å². The summed E-state index contributed by atoms with van der Waals surface area (Å²) in [6, 6.07) is 0.331. The molecule has 1 saturated carbocycles. The smallest absolute Gasteiger partial charge is 0.333 e. The molecule has 0 unspecified atom stereocenters. The number of aromatic nitrogens is 2. The van der Waals surface area contributed by atoms with Gasteiger partial charge in [-0.2, -0.15) is 5.10 Å². The molecule has 0 aromatic carbocycles. The van der Waals surface area contributed by atoms with Crippen LogP contribution in [0.15, 0.2) is 0 Å². The van der Waals surface area contributed by atoms with E-state index >= 15 is 0 Å². The van der Waals surface area contributed by atoms with Crippen LogP contribution in [-0.4, -0.2) is 20.7 Å². The summed E-state index contributed by atoms with van der Waals surface area (Å²) in [6.45, 7) is 6.53. The van der Waals surface area contributed by atoms with Gasteiger partial charge in [-0.15, -0.1) is 0 Å². The van der Waals surface area contributed by atoms with Gasteiger partial charge in [0.25, 0.3) is 0 Å². The first kappa shape index (κ1) is 14.8. The number of nitrogens with one attached hydrogen (secondary N) is 1. The predicted molar refractivity (Wildman–Crippen MR) is 79.0 cm³/mol. The average Bonchev–Trinajstić information content (AvgIpc) is 2.75. The molecule has 1 heterocycles. The second-order valence-electron chi connectivity index (χ2n) is 5.63. The Kier molecular flexibility index (Phi) is 4.62. The largest absolute Gasteiger partial charge is 0.362 e. The molecule has 0 radical (unpaired) electrons. The van der Waals surface area contributed by atoms with E-state index in [-0.39, 0.29) is 10.6 Å². The molecule has 0 saturated heterocycles. The Hall–Kier alpha value is -1.59. The first-order chi connectivity index (χ1) is 9.56. The minimum Gasteiger partial charge on any atom is -0.362 e. The minimum absolute atomic E-state index is 0.129. The Balaban J connectivity index is 2.14. The highest BCUT2D eigenvalue weighted by molar-refractivity contribution is 5.60. The maximum absolute atomic E-state index is 11.2. The second kappa shape index (κ2) is 6.24. The molecule has 112 valence electrons. The van der Waals surface area contributed by atoms with E-state index in [0.29, 0.717) is 24.1 Å². The van der Waals surface area contributed by atoms with Crippen molar-refractivity contribution in [1.82, 2.24) is 9.78 Å². The number of anilines is 1. The molecule has 1 aromatic heterocycles. The van der Waals surface area contributed by atoms with Gasteiger partial charge in [0, 0.05) is 12.6 Å². The summed E-state index contributed by atoms with van der Waals surface area (Å²) >= 11 is 0. The van der Waals surface area contributed by atoms with Gasteiger partial charge >= 0.3 is 5.69 Å². The van der Waals surface area contributed by atoms with Crippen molar-refractivity contribution in [3.8, 4) is 0 Å². The van der Waals surface area contributed by atoms with Crippen molar-refractivity contribution in [2.45, 2.75) is 65.5 Å². The standard InChI is InChI=1S/C14H24N4O2/c1-4-11-6-8-12(9-7-11)15-14-13(18(19)20)10(3)16-17(14)5-2/h11-12,15H,4-9H2,1-3H3. The third-order valence-electron chi connectivity index (χ3n) is 4.34.